The molecule has 3 heterocycles. The van der Waals surface area contributed by atoms with Crippen molar-refractivity contribution in [3.63, 3.8) is 0 Å². The van der Waals surface area contributed by atoms with Crippen LogP contribution in [0.5, 0.6) is 0 Å². The summed E-state index contributed by atoms with van der Waals surface area (Å²) >= 11 is 0. The molecule has 0 radical (unpaired) electrons. The molecule has 0 spiro atoms. The van der Waals surface area contributed by atoms with E-state index < -0.39 is 10.8 Å². The molecular formula is C18H29N5O2S. The lowest BCUT2D eigenvalue weighted by Gasteiger charge is -2.34. The molecular weight excluding hydrogens is 350 g/mol. The van der Waals surface area contributed by atoms with E-state index in [9.17, 15) is 4.21 Å². The predicted octanol–water partition coefficient (Wildman–Crippen LogP) is 1.16. The maximum absolute atomic E-state index is 11.6. The maximum Gasteiger partial charge on any atom is 0.132 e. The van der Waals surface area contributed by atoms with Crippen molar-refractivity contribution in [2.75, 3.05) is 29.5 Å². The van der Waals surface area contributed by atoms with Gasteiger partial charge in [-0.1, -0.05) is 0 Å². The summed E-state index contributed by atoms with van der Waals surface area (Å²) in [4.78, 5) is 11.2. The minimum Gasteiger partial charge on any atom is -0.376 e. The first-order chi connectivity index (χ1) is 12.6. The number of hydrogen-bond acceptors (Lipinski definition) is 7. The molecule has 0 bridgehead atoms. The zero-order valence-electron chi connectivity index (χ0n) is 15.6. The number of aromatic nitrogens is 2. The lowest BCUT2D eigenvalue weighted by atomic mass is 9.79. The van der Waals surface area contributed by atoms with Gasteiger partial charge in [-0.2, -0.15) is 0 Å². The highest BCUT2D eigenvalue weighted by Crippen LogP contribution is 2.39. The Morgan fingerprint density at radius 1 is 1.23 bits per heavy atom. The van der Waals surface area contributed by atoms with Crippen LogP contribution in [0.4, 0.5) is 5.82 Å². The van der Waals surface area contributed by atoms with Crippen molar-refractivity contribution in [1.29, 1.82) is 0 Å². The highest BCUT2D eigenvalue weighted by Gasteiger charge is 2.42. The molecule has 0 aromatic carbocycles. The van der Waals surface area contributed by atoms with Crippen molar-refractivity contribution in [2.24, 2.45) is 5.92 Å². The van der Waals surface area contributed by atoms with Crippen LogP contribution in [0.15, 0.2) is 12.4 Å². The average molecular weight is 380 g/mol. The van der Waals surface area contributed by atoms with Crippen LogP contribution in [-0.4, -0.2) is 57.0 Å². The van der Waals surface area contributed by atoms with Gasteiger partial charge in [0.1, 0.15) is 12.1 Å². The number of anilines is 1. The molecule has 26 heavy (non-hydrogen) atoms. The highest BCUT2D eigenvalue weighted by atomic mass is 32.2. The Balaban J connectivity index is 1.48. The van der Waals surface area contributed by atoms with Crippen LogP contribution in [0.25, 0.3) is 0 Å². The second kappa shape index (κ2) is 7.88. The van der Waals surface area contributed by atoms with Gasteiger partial charge in [-0.25, -0.2) is 15.4 Å². The Bertz CT molecular complexity index is 648. The lowest BCUT2D eigenvalue weighted by molar-refractivity contribution is -0.0276. The number of rotatable bonds is 4. The van der Waals surface area contributed by atoms with Crippen molar-refractivity contribution < 1.29 is 8.95 Å². The van der Waals surface area contributed by atoms with Crippen molar-refractivity contribution in [2.45, 2.75) is 57.4 Å². The van der Waals surface area contributed by atoms with Gasteiger partial charge in [0.15, 0.2) is 0 Å². The van der Waals surface area contributed by atoms with E-state index in [2.05, 4.69) is 45.6 Å². The molecule has 1 aliphatic carbocycles. The summed E-state index contributed by atoms with van der Waals surface area (Å²) in [5, 5.41) is 0. The first-order valence-electron chi connectivity index (χ1n) is 9.68. The smallest absolute Gasteiger partial charge is 0.132 e. The highest BCUT2D eigenvalue weighted by molar-refractivity contribution is 7.85. The quantitative estimate of drug-likeness (QED) is 0.812. The summed E-state index contributed by atoms with van der Waals surface area (Å²) in [5.41, 5.74) is 7.96. The van der Waals surface area contributed by atoms with Crippen LogP contribution >= 0.6 is 0 Å². The van der Waals surface area contributed by atoms with Crippen LogP contribution in [0.3, 0.4) is 0 Å². The van der Waals surface area contributed by atoms with Gasteiger partial charge in [-0.05, 0) is 33.1 Å². The van der Waals surface area contributed by atoms with Crippen molar-refractivity contribution >= 4 is 16.6 Å². The van der Waals surface area contributed by atoms with E-state index >= 15 is 0 Å². The average Bonchev–Trinajstić information content (AvgIpc) is 3.05. The van der Waals surface area contributed by atoms with Gasteiger partial charge in [0.2, 0.25) is 0 Å². The van der Waals surface area contributed by atoms with Gasteiger partial charge >= 0.3 is 0 Å². The maximum atomic E-state index is 11.6. The number of hydrogen-bond donors (Lipinski definition) is 2. The SMILES string of the molecule is CC(C)OC1CCC2NNC(c3cc(N4CCS(=O)CC4)ncn3)C2C1. The van der Waals surface area contributed by atoms with Gasteiger partial charge in [0, 0.05) is 53.4 Å². The van der Waals surface area contributed by atoms with Crippen LogP contribution in [0.1, 0.15) is 44.8 Å². The zero-order chi connectivity index (χ0) is 18.1. The van der Waals surface area contributed by atoms with Crippen LogP contribution in [0.2, 0.25) is 0 Å². The Labute approximate surface area is 157 Å². The Morgan fingerprint density at radius 3 is 2.81 bits per heavy atom. The molecule has 3 fully saturated rings. The molecule has 1 aromatic heterocycles. The molecule has 4 atom stereocenters. The molecule has 7 nitrogen and oxygen atoms in total. The minimum atomic E-state index is -0.678. The topological polar surface area (TPSA) is 79.4 Å². The molecule has 144 valence electrons. The molecule has 4 rings (SSSR count). The van der Waals surface area contributed by atoms with Crippen molar-refractivity contribution in [3.05, 3.63) is 18.1 Å². The molecule has 4 unspecified atom stereocenters. The summed E-state index contributed by atoms with van der Waals surface area (Å²) in [5.74, 6) is 2.87. The number of fused-ring (bicyclic) bond motifs is 1. The fourth-order valence-electron chi connectivity index (χ4n) is 4.39. The zero-order valence-corrected chi connectivity index (χ0v) is 16.4. The van der Waals surface area contributed by atoms with E-state index in [0.717, 1.165) is 55.4 Å². The van der Waals surface area contributed by atoms with E-state index in [1.54, 1.807) is 6.33 Å². The molecule has 3 aliphatic rings. The summed E-state index contributed by atoms with van der Waals surface area (Å²) in [6.07, 6.45) is 5.56. The van der Waals surface area contributed by atoms with Gasteiger partial charge in [-0.3, -0.25) is 9.63 Å². The van der Waals surface area contributed by atoms with Gasteiger partial charge in [-0.15, -0.1) is 0 Å². The van der Waals surface area contributed by atoms with Crippen molar-refractivity contribution in [1.82, 2.24) is 20.8 Å². The summed E-state index contributed by atoms with van der Waals surface area (Å²) in [7, 11) is -0.678. The standard InChI is InChI=1S/C18H29N5O2S/c1-12(2)25-13-3-4-15-14(9-13)18(22-21-15)16-10-17(20-11-19-16)23-5-7-26(24)8-6-23/h10-15,18,21-22H,3-9H2,1-2H3. The Kier molecular flexibility index (Phi) is 5.54. The second-order valence-electron chi connectivity index (χ2n) is 7.79. The van der Waals surface area contributed by atoms with E-state index in [0.29, 0.717) is 18.1 Å². The fraction of sp³-hybridized carbons (Fsp3) is 0.778. The first-order valence-corrected chi connectivity index (χ1v) is 11.2. The largest absolute Gasteiger partial charge is 0.376 e. The van der Waals surface area contributed by atoms with Crippen molar-refractivity contribution in [3.8, 4) is 0 Å². The number of nitrogens with one attached hydrogen (secondary N) is 2. The van der Waals surface area contributed by atoms with E-state index in [4.69, 9.17) is 4.74 Å². The van der Waals surface area contributed by atoms with Crippen LogP contribution in [-0.2, 0) is 15.5 Å². The minimum absolute atomic E-state index is 0.180. The van der Waals surface area contributed by atoms with E-state index in [1.807, 2.05) is 0 Å². The Hall–Kier alpha value is -1.09. The van der Waals surface area contributed by atoms with E-state index in [-0.39, 0.29) is 12.1 Å². The number of nitrogens with zero attached hydrogens (tertiary/aromatic N) is 3. The van der Waals surface area contributed by atoms with Gasteiger partial charge in [0.25, 0.3) is 0 Å². The van der Waals surface area contributed by atoms with Crippen LogP contribution < -0.4 is 15.8 Å². The predicted molar refractivity (Wildman–Crippen MR) is 102 cm³/mol. The third kappa shape index (κ3) is 3.93. The fourth-order valence-corrected chi connectivity index (χ4v) is 5.44. The molecule has 2 aliphatic heterocycles. The molecule has 2 N–H and O–H groups in total. The lowest BCUT2D eigenvalue weighted by Crippen LogP contribution is -2.38. The molecule has 1 aromatic rings. The molecule has 2 saturated heterocycles. The second-order valence-corrected chi connectivity index (χ2v) is 9.49. The molecule has 8 heteroatoms. The Morgan fingerprint density at radius 2 is 2.04 bits per heavy atom. The van der Waals surface area contributed by atoms with Gasteiger partial charge in [0.05, 0.1) is 23.9 Å². The first kappa shape index (κ1) is 18.3. The third-order valence-corrected chi connectivity index (χ3v) is 6.94. The summed E-state index contributed by atoms with van der Waals surface area (Å²) in [6.45, 7) is 5.82. The molecule has 1 saturated carbocycles. The monoisotopic (exact) mass is 379 g/mol. The van der Waals surface area contributed by atoms with Crippen LogP contribution in [0, 0.1) is 5.92 Å². The van der Waals surface area contributed by atoms with E-state index in [1.165, 1.54) is 0 Å². The summed E-state index contributed by atoms with van der Waals surface area (Å²) in [6, 6.07) is 2.75. The normalized spacial score (nSPS) is 32.8. The van der Waals surface area contributed by atoms with Gasteiger partial charge < -0.3 is 9.64 Å². The third-order valence-electron chi connectivity index (χ3n) is 5.66. The number of hydrazine groups is 1. The summed E-state index contributed by atoms with van der Waals surface area (Å²) < 4.78 is 17.7. The molecule has 0 amide bonds. The number of ether oxygens (including phenoxy) is 1.